The number of anilines is 1. The lowest BCUT2D eigenvalue weighted by atomic mass is 10.1. The van der Waals surface area contributed by atoms with Crippen molar-refractivity contribution in [1.82, 2.24) is 4.90 Å². The third-order valence-electron chi connectivity index (χ3n) is 4.78. The number of carbonyl (C=O) groups excluding carboxylic acids is 1. The van der Waals surface area contributed by atoms with E-state index in [0.29, 0.717) is 29.1 Å². The molecule has 6 nitrogen and oxygen atoms in total. The van der Waals surface area contributed by atoms with E-state index < -0.39 is 10.0 Å². The van der Waals surface area contributed by atoms with Crippen molar-refractivity contribution in [1.29, 1.82) is 0 Å². The SMILES string of the molecule is COc1ccc(S(=O)(=O)Nc2cc(C(=O)N(C)Cc3ccc(F)cc3)ccc2C)cc1. The molecule has 3 aromatic carbocycles. The summed E-state index contributed by atoms with van der Waals surface area (Å²) < 4.78 is 46.2. The lowest BCUT2D eigenvalue weighted by molar-refractivity contribution is 0.0785. The van der Waals surface area contributed by atoms with Gasteiger partial charge in [-0.25, -0.2) is 12.8 Å². The number of carbonyl (C=O) groups is 1. The van der Waals surface area contributed by atoms with Crippen molar-refractivity contribution in [2.75, 3.05) is 18.9 Å². The Balaban J connectivity index is 1.80. The number of hydrogen-bond donors (Lipinski definition) is 1. The quantitative estimate of drug-likeness (QED) is 0.595. The molecule has 0 aliphatic heterocycles. The molecule has 8 heteroatoms. The molecule has 0 spiro atoms. The lowest BCUT2D eigenvalue weighted by Crippen LogP contribution is -2.26. The summed E-state index contributed by atoms with van der Waals surface area (Å²) in [5.41, 5.74) is 2.11. The second-order valence-electron chi connectivity index (χ2n) is 7.10. The summed E-state index contributed by atoms with van der Waals surface area (Å²) in [7, 11) is -0.710. The van der Waals surface area contributed by atoms with Gasteiger partial charge in [0.2, 0.25) is 0 Å². The summed E-state index contributed by atoms with van der Waals surface area (Å²) in [4.78, 5) is 14.4. The van der Waals surface area contributed by atoms with Crippen LogP contribution in [0.15, 0.2) is 71.6 Å². The Labute approximate surface area is 181 Å². The molecule has 1 N–H and O–H groups in total. The Kier molecular flexibility index (Phi) is 6.60. The number of nitrogens with one attached hydrogen (secondary N) is 1. The Hall–Kier alpha value is -3.39. The number of rotatable bonds is 7. The fourth-order valence-corrected chi connectivity index (χ4v) is 4.10. The molecule has 162 valence electrons. The molecule has 0 aliphatic rings. The van der Waals surface area contributed by atoms with Crippen LogP contribution in [0.4, 0.5) is 10.1 Å². The molecule has 0 unspecified atom stereocenters. The molecule has 0 heterocycles. The third-order valence-corrected chi connectivity index (χ3v) is 6.16. The maximum Gasteiger partial charge on any atom is 0.261 e. The van der Waals surface area contributed by atoms with Gasteiger partial charge in [-0.15, -0.1) is 0 Å². The van der Waals surface area contributed by atoms with Crippen molar-refractivity contribution in [2.24, 2.45) is 0 Å². The molecule has 0 radical (unpaired) electrons. The zero-order valence-corrected chi connectivity index (χ0v) is 18.2. The molecule has 31 heavy (non-hydrogen) atoms. The van der Waals surface area contributed by atoms with Crippen molar-refractivity contribution in [3.63, 3.8) is 0 Å². The molecule has 3 rings (SSSR count). The van der Waals surface area contributed by atoms with Crippen molar-refractivity contribution in [3.05, 3.63) is 89.2 Å². The smallest absolute Gasteiger partial charge is 0.261 e. The lowest BCUT2D eigenvalue weighted by Gasteiger charge is -2.19. The summed E-state index contributed by atoms with van der Waals surface area (Å²) in [6.45, 7) is 2.04. The van der Waals surface area contributed by atoms with Crippen LogP contribution in [-0.2, 0) is 16.6 Å². The van der Waals surface area contributed by atoms with Crippen LogP contribution in [0.1, 0.15) is 21.5 Å². The fourth-order valence-electron chi connectivity index (χ4n) is 2.98. The summed E-state index contributed by atoms with van der Waals surface area (Å²) >= 11 is 0. The summed E-state index contributed by atoms with van der Waals surface area (Å²) in [5, 5.41) is 0. The average molecular weight is 443 g/mol. The van der Waals surface area contributed by atoms with E-state index in [4.69, 9.17) is 4.74 Å². The first-order valence-electron chi connectivity index (χ1n) is 9.47. The topological polar surface area (TPSA) is 75.7 Å². The standard InChI is InChI=1S/C23H23FN2O4S/c1-16-4-7-18(23(27)26(2)15-17-5-8-19(24)9-6-17)14-22(16)25-31(28,29)21-12-10-20(30-3)11-13-21/h4-14,25H,15H2,1-3H3. The minimum absolute atomic E-state index is 0.0813. The number of amides is 1. The third kappa shape index (κ3) is 5.40. The first-order valence-corrected chi connectivity index (χ1v) is 11.0. The van der Waals surface area contributed by atoms with Gasteiger partial charge in [-0.2, -0.15) is 0 Å². The van der Waals surface area contributed by atoms with E-state index in [2.05, 4.69) is 4.72 Å². The highest BCUT2D eigenvalue weighted by Gasteiger charge is 2.18. The molecule has 0 fully saturated rings. The largest absolute Gasteiger partial charge is 0.497 e. The Morgan fingerprint density at radius 3 is 2.29 bits per heavy atom. The van der Waals surface area contributed by atoms with Crippen molar-refractivity contribution in [2.45, 2.75) is 18.4 Å². The number of aryl methyl sites for hydroxylation is 1. The van der Waals surface area contributed by atoms with Gasteiger partial charge < -0.3 is 9.64 Å². The highest BCUT2D eigenvalue weighted by Crippen LogP contribution is 2.23. The maximum absolute atomic E-state index is 13.1. The van der Waals surface area contributed by atoms with Gasteiger partial charge in [0.15, 0.2) is 0 Å². The van der Waals surface area contributed by atoms with Gasteiger partial charge in [0.1, 0.15) is 11.6 Å². The van der Waals surface area contributed by atoms with Crippen LogP contribution in [0.2, 0.25) is 0 Å². The first kappa shape index (κ1) is 22.3. The van der Waals surface area contributed by atoms with E-state index in [1.165, 1.54) is 42.3 Å². The van der Waals surface area contributed by atoms with E-state index >= 15 is 0 Å². The molecule has 0 bridgehead atoms. The molecule has 3 aromatic rings. The van der Waals surface area contributed by atoms with E-state index in [9.17, 15) is 17.6 Å². The molecule has 1 amide bonds. The van der Waals surface area contributed by atoms with Gasteiger partial charge in [0.25, 0.3) is 15.9 Å². The number of methoxy groups -OCH3 is 1. The predicted octanol–water partition coefficient (Wildman–Crippen LogP) is 4.22. The van der Waals surface area contributed by atoms with Gasteiger partial charge in [0, 0.05) is 19.2 Å². The van der Waals surface area contributed by atoms with Crippen LogP contribution in [0.3, 0.4) is 0 Å². The second-order valence-corrected chi connectivity index (χ2v) is 8.78. The second kappa shape index (κ2) is 9.18. The van der Waals surface area contributed by atoms with E-state index in [1.54, 1.807) is 50.4 Å². The van der Waals surface area contributed by atoms with Crippen molar-refractivity contribution in [3.8, 4) is 5.75 Å². The van der Waals surface area contributed by atoms with Crippen molar-refractivity contribution < 1.29 is 22.3 Å². The van der Waals surface area contributed by atoms with Crippen LogP contribution in [0.25, 0.3) is 0 Å². The predicted molar refractivity (Wildman–Crippen MR) is 117 cm³/mol. The van der Waals surface area contributed by atoms with Crippen molar-refractivity contribution >= 4 is 21.6 Å². The van der Waals surface area contributed by atoms with Gasteiger partial charge in [-0.1, -0.05) is 18.2 Å². The number of ether oxygens (including phenoxy) is 1. The zero-order valence-electron chi connectivity index (χ0n) is 17.4. The molecule has 0 saturated heterocycles. The summed E-state index contributed by atoms with van der Waals surface area (Å²) in [6.07, 6.45) is 0. The Morgan fingerprint density at radius 1 is 1.03 bits per heavy atom. The number of sulfonamides is 1. The number of hydrogen-bond acceptors (Lipinski definition) is 4. The minimum atomic E-state index is -3.84. The number of halogens is 1. The van der Waals surface area contributed by atoms with E-state index in [-0.39, 0.29) is 16.6 Å². The van der Waals surface area contributed by atoms with Crippen LogP contribution >= 0.6 is 0 Å². The van der Waals surface area contributed by atoms with Crippen LogP contribution in [-0.4, -0.2) is 33.4 Å². The van der Waals surface area contributed by atoms with Gasteiger partial charge in [-0.05, 0) is 66.6 Å². The van der Waals surface area contributed by atoms with Gasteiger partial charge in [0.05, 0.1) is 17.7 Å². The molecular weight excluding hydrogens is 419 g/mol. The van der Waals surface area contributed by atoms with E-state index in [0.717, 1.165) is 5.56 Å². The number of benzene rings is 3. The van der Waals surface area contributed by atoms with Crippen LogP contribution in [0, 0.1) is 12.7 Å². The molecule has 0 aliphatic carbocycles. The normalized spacial score (nSPS) is 11.1. The van der Waals surface area contributed by atoms with Crippen LogP contribution in [0.5, 0.6) is 5.75 Å². The molecule has 0 saturated carbocycles. The molecule has 0 aromatic heterocycles. The average Bonchev–Trinajstić information content (AvgIpc) is 2.76. The molecular formula is C23H23FN2O4S. The van der Waals surface area contributed by atoms with E-state index in [1.807, 2.05) is 0 Å². The maximum atomic E-state index is 13.1. The minimum Gasteiger partial charge on any atom is -0.497 e. The van der Waals surface area contributed by atoms with Gasteiger partial charge >= 0.3 is 0 Å². The monoisotopic (exact) mass is 442 g/mol. The zero-order chi connectivity index (χ0) is 22.6. The highest BCUT2D eigenvalue weighted by atomic mass is 32.2. The molecule has 0 atom stereocenters. The van der Waals surface area contributed by atoms with Crippen LogP contribution < -0.4 is 9.46 Å². The first-order chi connectivity index (χ1) is 14.7. The summed E-state index contributed by atoms with van der Waals surface area (Å²) in [5.74, 6) is -0.0776. The fraction of sp³-hybridized carbons (Fsp3) is 0.174. The Bertz CT molecular complexity index is 1180. The summed E-state index contributed by atoms with van der Waals surface area (Å²) in [6, 6.07) is 16.8. The Morgan fingerprint density at radius 2 is 1.68 bits per heavy atom. The van der Waals surface area contributed by atoms with Gasteiger partial charge in [-0.3, -0.25) is 9.52 Å². The highest BCUT2D eigenvalue weighted by molar-refractivity contribution is 7.92. The number of nitrogens with zero attached hydrogens (tertiary/aromatic N) is 1.